The van der Waals surface area contributed by atoms with Crippen LogP contribution in [0, 0.1) is 0 Å². The highest BCUT2D eigenvalue weighted by atomic mass is 32.1. The molecule has 0 spiro atoms. The molecule has 0 aromatic carbocycles. The Bertz CT molecular complexity index is 683. The molecule has 24 heavy (non-hydrogen) atoms. The van der Waals surface area contributed by atoms with Crippen LogP contribution in [0.25, 0.3) is 5.57 Å². The summed E-state index contributed by atoms with van der Waals surface area (Å²) >= 11 is 1.38. The number of aliphatic hydroxyl groups is 1. The Morgan fingerprint density at radius 2 is 2.12 bits per heavy atom. The van der Waals surface area contributed by atoms with Gasteiger partial charge >= 0.3 is 0 Å². The summed E-state index contributed by atoms with van der Waals surface area (Å²) in [5.74, 6) is 0.641. The number of hydrogen-bond acceptors (Lipinski definition) is 6. The number of rotatable bonds is 5. The molecule has 3 rings (SSSR count). The van der Waals surface area contributed by atoms with E-state index in [-0.39, 0.29) is 0 Å². The fraction of sp³-hybridized carbons (Fsp3) is 0.353. The summed E-state index contributed by atoms with van der Waals surface area (Å²) in [7, 11) is 0. The normalized spacial score (nSPS) is 15.7. The Balaban J connectivity index is 0.000000185. The summed E-state index contributed by atoms with van der Waals surface area (Å²) in [4.78, 5) is 12.8. The molecule has 2 heterocycles. The summed E-state index contributed by atoms with van der Waals surface area (Å²) in [6.45, 7) is 5.95. The zero-order valence-electron chi connectivity index (χ0n) is 13.6. The average Bonchev–Trinajstić information content (AvgIpc) is 3.09. The van der Waals surface area contributed by atoms with Gasteiger partial charge in [0.15, 0.2) is 0 Å². The lowest BCUT2D eigenvalue weighted by atomic mass is 9.81. The number of thiazole rings is 1. The summed E-state index contributed by atoms with van der Waals surface area (Å²) in [5.41, 5.74) is -0.156. The van der Waals surface area contributed by atoms with Gasteiger partial charge in [-0.15, -0.1) is 17.9 Å². The highest BCUT2D eigenvalue weighted by Gasteiger charge is 2.39. The lowest BCUT2D eigenvalue weighted by Crippen LogP contribution is -2.33. The van der Waals surface area contributed by atoms with Crippen LogP contribution < -0.4 is 5.32 Å². The second-order valence-corrected chi connectivity index (χ2v) is 6.48. The summed E-state index contributed by atoms with van der Waals surface area (Å²) in [6.07, 6.45) is 9.94. The van der Waals surface area contributed by atoms with Gasteiger partial charge in [-0.2, -0.15) is 0 Å². The van der Waals surface area contributed by atoms with E-state index in [1.54, 1.807) is 37.7 Å². The molecular weight excluding hydrogens is 327 g/mol. The molecule has 2 aromatic heterocycles. The zero-order valence-corrected chi connectivity index (χ0v) is 14.4. The first-order valence-corrected chi connectivity index (χ1v) is 8.48. The van der Waals surface area contributed by atoms with Crippen LogP contribution in [0.15, 0.2) is 43.6 Å². The molecule has 1 fully saturated rings. The summed E-state index contributed by atoms with van der Waals surface area (Å²) in [6, 6.07) is 1.78. The maximum absolute atomic E-state index is 12.2. The van der Waals surface area contributed by atoms with E-state index in [9.17, 15) is 9.50 Å². The highest BCUT2D eigenvalue weighted by Crippen LogP contribution is 2.43. The molecule has 1 aliphatic rings. The van der Waals surface area contributed by atoms with Gasteiger partial charge in [0.1, 0.15) is 10.6 Å². The molecular formula is C17H21FN4OS. The maximum atomic E-state index is 12.2. The number of anilines is 1. The first kappa shape index (κ1) is 18.2. The molecule has 0 unspecified atom stereocenters. The van der Waals surface area contributed by atoms with Gasteiger partial charge in [-0.05, 0) is 37.8 Å². The molecule has 5 nitrogen and oxygen atoms in total. The van der Waals surface area contributed by atoms with Crippen molar-refractivity contribution in [2.45, 2.75) is 31.8 Å². The largest absolute Gasteiger partial charge is 0.383 e. The van der Waals surface area contributed by atoms with Crippen molar-refractivity contribution in [1.29, 1.82) is 0 Å². The van der Waals surface area contributed by atoms with Gasteiger partial charge < -0.3 is 10.4 Å². The number of hydrogen-bond donors (Lipinski definition) is 2. The molecule has 0 saturated heterocycles. The second-order valence-electron chi connectivity index (χ2n) is 5.45. The molecule has 128 valence electrons. The van der Waals surface area contributed by atoms with Gasteiger partial charge in [0, 0.05) is 25.1 Å². The van der Waals surface area contributed by atoms with E-state index in [0.29, 0.717) is 24.4 Å². The van der Waals surface area contributed by atoms with Crippen molar-refractivity contribution < 1.29 is 9.50 Å². The van der Waals surface area contributed by atoms with E-state index in [2.05, 4.69) is 26.8 Å². The van der Waals surface area contributed by atoms with E-state index in [1.165, 1.54) is 11.3 Å². The quantitative estimate of drug-likeness (QED) is 0.802. The molecule has 2 aromatic rings. The minimum Gasteiger partial charge on any atom is -0.383 e. The van der Waals surface area contributed by atoms with Gasteiger partial charge in [0.05, 0.1) is 11.2 Å². The van der Waals surface area contributed by atoms with Crippen LogP contribution in [0.1, 0.15) is 36.1 Å². The van der Waals surface area contributed by atoms with Crippen molar-refractivity contribution >= 4 is 22.9 Å². The predicted molar refractivity (Wildman–Crippen MR) is 95.3 cm³/mol. The van der Waals surface area contributed by atoms with E-state index in [0.717, 1.165) is 29.1 Å². The third kappa shape index (κ3) is 4.69. The first-order chi connectivity index (χ1) is 11.6. The average molecular weight is 348 g/mol. The van der Waals surface area contributed by atoms with Crippen LogP contribution in [0.2, 0.25) is 0 Å². The van der Waals surface area contributed by atoms with E-state index in [4.69, 9.17) is 0 Å². The first-order valence-electron chi connectivity index (χ1n) is 7.67. The van der Waals surface area contributed by atoms with Crippen molar-refractivity contribution in [1.82, 2.24) is 15.0 Å². The maximum Gasteiger partial charge on any atom is 0.222 e. The zero-order chi connectivity index (χ0) is 17.4. The van der Waals surface area contributed by atoms with Gasteiger partial charge in [-0.1, -0.05) is 6.08 Å². The van der Waals surface area contributed by atoms with Crippen molar-refractivity contribution in [2.24, 2.45) is 0 Å². The topological polar surface area (TPSA) is 70.9 Å². The van der Waals surface area contributed by atoms with E-state index < -0.39 is 5.60 Å². The van der Waals surface area contributed by atoms with Crippen LogP contribution in [-0.2, 0) is 5.60 Å². The Hall–Kier alpha value is -2.12. The minimum atomic E-state index is -0.723. The standard InChI is InChI=1S/C10H12FNOS.C7H9N3/c1-7(5-11)8-6-12-9(14-8)10(13)3-2-4-10;1-2-4-8-7-9-5-3-6-10-7/h5-6,13H,2-4H2,1H3;2-3,5-6H,1,4H2,(H,8,9,10)/b7-5-;. The van der Waals surface area contributed by atoms with Crippen LogP contribution in [0.4, 0.5) is 10.3 Å². The molecule has 0 bridgehead atoms. The van der Waals surface area contributed by atoms with Gasteiger partial charge in [-0.25, -0.2) is 19.3 Å². The molecule has 0 amide bonds. The summed E-state index contributed by atoms with van der Waals surface area (Å²) < 4.78 is 12.2. The number of nitrogens with zero attached hydrogens (tertiary/aromatic N) is 3. The van der Waals surface area contributed by atoms with Crippen LogP contribution in [0.3, 0.4) is 0 Å². The highest BCUT2D eigenvalue weighted by molar-refractivity contribution is 7.12. The fourth-order valence-electron chi connectivity index (χ4n) is 2.00. The van der Waals surface area contributed by atoms with Crippen molar-refractivity contribution in [3.63, 3.8) is 0 Å². The SMILES string of the molecule is C/C(=C/F)c1cnc(C2(O)CCC2)s1.C=CCNc1ncccn1. The number of allylic oxidation sites excluding steroid dienone is 1. The second kappa shape index (κ2) is 8.65. The number of aromatic nitrogens is 3. The number of halogens is 1. The molecule has 7 heteroatoms. The Labute approximate surface area is 145 Å². The third-order valence-electron chi connectivity index (χ3n) is 3.61. The van der Waals surface area contributed by atoms with Gasteiger partial charge in [0.25, 0.3) is 0 Å². The van der Waals surface area contributed by atoms with Crippen LogP contribution in [-0.4, -0.2) is 26.6 Å². The molecule has 0 radical (unpaired) electrons. The summed E-state index contributed by atoms with van der Waals surface area (Å²) in [5, 5.41) is 13.7. The van der Waals surface area contributed by atoms with Crippen molar-refractivity contribution in [3.05, 3.63) is 53.5 Å². The van der Waals surface area contributed by atoms with Crippen LogP contribution >= 0.6 is 11.3 Å². The fourth-order valence-corrected chi connectivity index (χ4v) is 3.02. The van der Waals surface area contributed by atoms with E-state index >= 15 is 0 Å². The van der Waals surface area contributed by atoms with Crippen molar-refractivity contribution in [3.8, 4) is 0 Å². The Morgan fingerprint density at radius 3 is 2.67 bits per heavy atom. The molecule has 1 aliphatic carbocycles. The van der Waals surface area contributed by atoms with Gasteiger partial charge in [-0.3, -0.25) is 0 Å². The Kier molecular flexibility index (Phi) is 6.57. The molecule has 0 aliphatic heterocycles. The molecule has 1 saturated carbocycles. The minimum absolute atomic E-state index is 0.566. The van der Waals surface area contributed by atoms with Crippen molar-refractivity contribution in [2.75, 3.05) is 11.9 Å². The lowest BCUT2D eigenvalue weighted by Gasteiger charge is -2.34. The smallest absolute Gasteiger partial charge is 0.222 e. The van der Waals surface area contributed by atoms with Crippen LogP contribution in [0.5, 0.6) is 0 Å². The molecule has 2 N–H and O–H groups in total. The Morgan fingerprint density at radius 1 is 1.42 bits per heavy atom. The predicted octanol–water partition coefficient (Wildman–Crippen LogP) is 3.92. The lowest BCUT2D eigenvalue weighted by molar-refractivity contribution is -0.0389. The van der Waals surface area contributed by atoms with E-state index in [1.807, 2.05) is 0 Å². The number of nitrogens with one attached hydrogen (secondary N) is 1. The molecule has 0 atom stereocenters. The third-order valence-corrected chi connectivity index (χ3v) is 4.93. The monoisotopic (exact) mass is 348 g/mol. The van der Waals surface area contributed by atoms with Gasteiger partial charge in [0.2, 0.25) is 5.95 Å².